The molecule has 0 radical (unpaired) electrons. The lowest BCUT2D eigenvalue weighted by molar-refractivity contribution is -0.122. The zero-order valence-electron chi connectivity index (χ0n) is 10.8. The van der Waals surface area contributed by atoms with Crippen LogP contribution in [0.4, 0.5) is 10.1 Å². The molecule has 5 heteroatoms. The van der Waals surface area contributed by atoms with Crippen LogP contribution >= 0.6 is 0 Å². The van der Waals surface area contributed by atoms with Crippen molar-refractivity contribution >= 4 is 11.6 Å². The number of nitrogens with one attached hydrogen (secondary N) is 1. The van der Waals surface area contributed by atoms with Gasteiger partial charge in [-0.25, -0.2) is 4.39 Å². The lowest BCUT2D eigenvalue weighted by Crippen LogP contribution is -2.45. The van der Waals surface area contributed by atoms with Crippen molar-refractivity contribution in [2.75, 3.05) is 11.4 Å². The fourth-order valence-electron chi connectivity index (χ4n) is 2.29. The van der Waals surface area contributed by atoms with Gasteiger partial charge in [-0.3, -0.25) is 4.79 Å². The highest BCUT2D eigenvalue weighted by atomic mass is 19.1. The smallest absolute Gasteiger partial charge is 0.243 e. The van der Waals surface area contributed by atoms with Gasteiger partial charge < -0.3 is 10.2 Å². The quantitative estimate of drug-likeness (QED) is 0.883. The maximum absolute atomic E-state index is 13.3. The number of hydrogen-bond acceptors (Lipinski definition) is 3. The van der Waals surface area contributed by atoms with E-state index in [0.29, 0.717) is 12.2 Å². The van der Waals surface area contributed by atoms with Gasteiger partial charge in [-0.15, -0.1) is 0 Å². The van der Waals surface area contributed by atoms with Crippen LogP contribution in [-0.4, -0.2) is 24.5 Å². The van der Waals surface area contributed by atoms with E-state index in [1.165, 1.54) is 12.1 Å². The number of nitrogens with zero attached hydrogens (tertiary/aromatic N) is 2. The zero-order valence-corrected chi connectivity index (χ0v) is 10.8. The van der Waals surface area contributed by atoms with Gasteiger partial charge in [0.15, 0.2) is 0 Å². The number of benzene rings is 1. The van der Waals surface area contributed by atoms with Crippen molar-refractivity contribution in [2.45, 2.75) is 31.8 Å². The van der Waals surface area contributed by atoms with E-state index in [9.17, 15) is 9.18 Å². The van der Waals surface area contributed by atoms with E-state index in [2.05, 4.69) is 5.32 Å². The summed E-state index contributed by atoms with van der Waals surface area (Å²) >= 11 is 0. The van der Waals surface area contributed by atoms with E-state index >= 15 is 0 Å². The Hall–Kier alpha value is -2.09. The number of hydrogen-bond donors (Lipinski definition) is 1. The zero-order chi connectivity index (χ0) is 13.8. The summed E-state index contributed by atoms with van der Waals surface area (Å²) in [4.78, 5) is 13.9. The first-order chi connectivity index (χ1) is 9.11. The minimum Gasteiger partial charge on any atom is -0.359 e. The second kappa shape index (κ2) is 5.70. The molecule has 1 heterocycles. The molecular formula is C14H16FN3O. The fraction of sp³-hybridized carbons (Fsp3) is 0.429. The van der Waals surface area contributed by atoms with Crippen LogP contribution in [0.2, 0.25) is 0 Å². The van der Waals surface area contributed by atoms with Crippen LogP contribution in [-0.2, 0) is 4.79 Å². The van der Waals surface area contributed by atoms with E-state index in [1.54, 1.807) is 12.1 Å². The van der Waals surface area contributed by atoms with Gasteiger partial charge >= 0.3 is 0 Å². The average molecular weight is 261 g/mol. The van der Waals surface area contributed by atoms with E-state index in [0.717, 1.165) is 6.42 Å². The normalized spacial score (nSPS) is 23.4. The molecule has 1 aromatic rings. The Balaban J connectivity index is 2.33. The summed E-state index contributed by atoms with van der Waals surface area (Å²) in [6.45, 7) is 2.55. The molecule has 0 bridgehead atoms. The largest absolute Gasteiger partial charge is 0.359 e. The molecule has 1 aromatic carbocycles. The van der Waals surface area contributed by atoms with Crippen molar-refractivity contribution in [3.8, 4) is 6.07 Å². The molecule has 1 N–H and O–H groups in total. The lowest BCUT2D eigenvalue weighted by Gasteiger charge is -2.28. The first-order valence-electron chi connectivity index (χ1n) is 6.31. The van der Waals surface area contributed by atoms with Crippen LogP contribution in [0.3, 0.4) is 0 Å². The van der Waals surface area contributed by atoms with Crippen molar-refractivity contribution in [1.29, 1.82) is 5.26 Å². The molecule has 19 heavy (non-hydrogen) atoms. The van der Waals surface area contributed by atoms with Crippen molar-refractivity contribution in [2.24, 2.45) is 0 Å². The van der Waals surface area contributed by atoms with E-state index < -0.39 is 6.04 Å². The molecule has 2 atom stereocenters. The van der Waals surface area contributed by atoms with E-state index in [4.69, 9.17) is 5.26 Å². The molecule has 1 saturated heterocycles. The number of halogens is 1. The SMILES string of the molecule is CC1CCN(c2cccc(F)c2)C(CC#N)C(=O)N1. The monoisotopic (exact) mass is 261 g/mol. The summed E-state index contributed by atoms with van der Waals surface area (Å²) in [6.07, 6.45) is 0.860. The van der Waals surface area contributed by atoms with Gasteiger partial charge in [0.25, 0.3) is 0 Å². The fourth-order valence-corrected chi connectivity index (χ4v) is 2.29. The molecule has 2 rings (SSSR count). The van der Waals surface area contributed by atoms with Gasteiger partial charge in [0, 0.05) is 18.3 Å². The van der Waals surface area contributed by atoms with Gasteiger partial charge in [-0.1, -0.05) is 6.07 Å². The van der Waals surface area contributed by atoms with Crippen LogP contribution in [0.5, 0.6) is 0 Å². The molecule has 2 unspecified atom stereocenters. The Bertz CT molecular complexity index is 512. The Kier molecular flexibility index (Phi) is 4.00. The number of carbonyl (C=O) groups is 1. The highest BCUT2D eigenvalue weighted by Crippen LogP contribution is 2.22. The third-order valence-corrected chi connectivity index (χ3v) is 3.30. The lowest BCUT2D eigenvalue weighted by atomic mass is 10.1. The van der Waals surface area contributed by atoms with Crippen molar-refractivity contribution < 1.29 is 9.18 Å². The molecule has 4 nitrogen and oxygen atoms in total. The number of carbonyl (C=O) groups excluding carboxylic acids is 1. The molecule has 0 aliphatic carbocycles. The first-order valence-corrected chi connectivity index (χ1v) is 6.31. The number of rotatable bonds is 2. The molecule has 1 aliphatic heterocycles. The van der Waals surface area contributed by atoms with Crippen molar-refractivity contribution in [1.82, 2.24) is 5.32 Å². The van der Waals surface area contributed by atoms with Gasteiger partial charge in [0.05, 0.1) is 12.5 Å². The topological polar surface area (TPSA) is 56.1 Å². The Morgan fingerprint density at radius 2 is 2.37 bits per heavy atom. The van der Waals surface area contributed by atoms with Crippen LogP contribution in [0.25, 0.3) is 0 Å². The molecule has 100 valence electrons. The number of nitriles is 1. The molecule has 0 aromatic heterocycles. The second-order valence-corrected chi connectivity index (χ2v) is 4.75. The van der Waals surface area contributed by atoms with Crippen LogP contribution in [0.15, 0.2) is 24.3 Å². The molecule has 0 spiro atoms. The molecule has 1 aliphatic rings. The summed E-state index contributed by atoms with van der Waals surface area (Å²) in [5, 5.41) is 11.7. The Morgan fingerprint density at radius 3 is 3.05 bits per heavy atom. The van der Waals surface area contributed by atoms with Gasteiger partial charge in [0.2, 0.25) is 5.91 Å². The molecule has 1 amide bonds. The van der Waals surface area contributed by atoms with E-state index in [1.807, 2.05) is 17.9 Å². The summed E-state index contributed by atoms with van der Waals surface area (Å²) in [5.41, 5.74) is 0.643. The third-order valence-electron chi connectivity index (χ3n) is 3.30. The second-order valence-electron chi connectivity index (χ2n) is 4.75. The average Bonchev–Trinajstić information content (AvgIpc) is 2.50. The molecular weight excluding hydrogens is 245 g/mol. The minimum atomic E-state index is -0.559. The summed E-state index contributed by atoms with van der Waals surface area (Å²) in [5.74, 6) is -0.512. The highest BCUT2D eigenvalue weighted by Gasteiger charge is 2.30. The predicted octanol–water partition coefficient (Wildman–Crippen LogP) is 1.82. The van der Waals surface area contributed by atoms with Gasteiger partial charge in [-0.05, 0) is 31.5 Å². The van der Waals surface area contributed by atoms with Crippen LogP contribution in [0.1, 0.15) is 19.8 Å². The van der Waals surface area contributed by atoms with Crippen molar-refractivity contribution in [3.63, 3.8) is 0 Å². The highest BCUT2D eigenvalue weighted by molar-refractivity contribution is 5.86. The maximum Gasteiger partial charge on any atom is 0.243 e. The van der Waals surface area contributed by atoms with Crippen LogP contribution < -0.4 is 10.2 Å². The van der Waals surface area contributed by atoms with Crippen LogP contribution in [0, 0.1) is 17.1 Å². The number of anilines is 1. The standard InChI is InChI=1S/C14H16FN3O/c1-10-6-8-18(12-4-2-3-11(15)9-12)13(5-7-16)14(19)17-10/h2-4,9-10,13H,5-6,8H2,1H3,(H,17,19). The van der Waals surface area contributed by atoms with E-state index in [-0.39, 0.29) is 24.2 Å². The molecule has 1 fully saturated rings. The third kappa shape index (κ3) is 3.02. The summed E-state index contributed by atoms with van der Waals surface area (Å²) < 4.78 is 13.3. The first kappa shape index (κ1) is 13.3. The molecule has 0 saturated carbocycles. The summed E-state index contributed by atoms with van der Waals surface area (Å²) in [6, 6.07) is 7.67. The Labute approximate surface area is 111 Å². The van der Waals surface area contributed by atoms with Gasteiger partial charge in [0.1, 0.15) is 11.9 Å². The van der Waals surface area contributed by atoms with Gasteiger partial charge in [-0.2, -0.15) is 5.26 Å². The predicted molar refractivity (Wildman–Crippen MR) is 70.0 cm³/mol. The summed E-state index contributed by atoms with van der Waals surface area (Å²) in [7, 11) is 0. The minimum absolute atomic E-state index is 0.0623. The van der Waals surface area contributed by atoms with Crippen molar-refractivity contribution in [3.05, 3.63) is 30.1 Å². The maximum atomic E-state index is 13.3. The Morgan fingerprint density at radius 1 is 1.58 bits per heavy atom. The number of amides is 1.